The van der Waals surface area contributed by atoms with Crippen LogP contribution in [-0.4, -0.2) is 63.7 Å². The molecule has 0 amide bonds. The van der Waals surface area contributed by atoms with E-state index in [2.05, 4.69) is 18.8 Å². The third-order valence-corrected chi connectivity index (χ3v) is 8.58. The molecule has 8 nitrogen and oxygen atoms in total. The van der Waals surface area contributed by atoms with Crippen molar-refractivity contribution in [2.45, 2.75) is 37.6 Å². The number of aliphatic imine (C=N–C) groups is 1. The van der Waals surface area contributed by atoms with Gasteiger partial charge < -0.3 is 14.4 Å². The monoisotopic (exact) mass is 483 g/mol. The van der Waals surface area contributed by atoms with Crippen molar-refractivity contribution in [1.29, 1.82) is 0 Å². The lowest BCUT2D eigenvalue weighted by Crippen LogP contribution is -2.44. The van der Waals surface area contributed by atoms with Gasteiger partial charge in [0.05, 0.1) is 29.3 Å². The molecule has 9 heteroatoms. The number of ketones is 1. The minimum Gasteiger partial charge on any atom is -0.497 e. The molecule has 1 atom stereocenters. The summed E-state index contributed by atoms with van der Waals surface area (Å²) in [5.74, 6) is 1.60. The first-order chi connectivity index (χ1) is 16.2. The number of rotatable bonds is 6. The lowest BCUT2D eigenvalue weighted by Gasteiger charge is -2.34. The molecule has 0 radical (unpaired) electrons. The maximum Gasteiger partial charge on any atom is 0.243 e. The number of fused-ring (bicyclic) bond motifs is 3. The molecule has 0 bridgehead atoms. The van der Waals surface area contributed by atoms with Crippen LogP contribution in [0, 0.1) is 5.41 Å². The zero-order valence-electron chi connectivity index (χ0n) is 19.7. The summed E-state index contributed by atoms with van der Waals surface area (Å²) >= 11 is 0. The van der Waals surface area contributed by atoms with Gasteiger partial charge in [-0.05, 0) is 55.3 Å². The highest BCUT2D eigenvalue weighted by Crippen LogP contribution is 2.38. The molecule has 1 saturated heterocycles. The molecule has 2 aromatic rings. The van der Waals surface area contributed by atoms with Crippen LogP contribution in [0.3, 0.4) is 0 Å². The first kappa shape index (κ1) is 22.9. The van der Waals surface area contributed by atoms with Gasteiger partial charge in [-0.25, -0.2) is 8.42 Å². The second kappa shape index (κ2) is 8.39. The Hall–Kier alpha value is -2.91. The van der Waals surface area contributed by atoms with Crippen molar-refractivity contribution < 1.29 is 22.7 Å². The number of Topliss-reactive ketones (excluding diaryl/α,β-unsaturated/α-hetero) is 1. The smallest absolute Gasteiger partial charge is 0.243 e. The van der Waals surface area contributed by atoms with Crippen LogP contribution < -0.4 is 14.4 Å². The number of hydrogen-bond donors (Lipinski definition) is 0. The van der Waals surface area contributed by atoms with Gasteiger partial charge in [0.2, 0.25) is 15.8 Å². The molecular weight excluding hydrogens is 454 g/mol. The molecule has 180 valence electrons. The van der Waals surface area contributed by atoms with Crippen LogP contribution in [0.1, 0.15) is 37.0 Å². The van der Waals surface area contributed by atoms with Crippen molar-refractivity contribution in [3.63, 3.8) is 0 Å². The number of carbonyl (C=O) groups is 1. The number of amidine groups is 1. The van der Waals surface area contributed by atoms with Gasteiger partial charge >= 0.3 is 0 Å². The lowest BCUT2D eigenvalue weighted by molar-refractivity contribution is 0.106. The summed E-state index contributed by atoms with van der Waals surface area (Å²) in [5.41, 5.74) is 1.09. The first-order valence-electron chi connectivity index (χ1n) is 11.5. The molecule has 1 fully saturated rings. The number of hydrogen-bond acceptors (Lipinski definition) is 7. The summed E-state index contributed by atoms with van der Waals surface area (Å²) in [4.78, 5) is 19.5. The molecule has 2 aromatic carbocycles. The Kier molecular flexibility index (Phi) is 5.64. The molecule has 3 aliphatic rings. The Morgan fingerprint density at radius 1 is 1.12 bits per heavy atom. The van der Waals surface area contributed by atoms with Crippen molar-refractivity contribution >= 4 is 27.3 Å². The second-order valence-corrected chi connectivity index (χ2v) is 11.7. The van der Waals surface area contributed by atoms with Gasteiger partial charge in [-0.3, -0.25) is 9.79 Å². The number of ether oxygens (including phenoxy) is 2. The SMILES string of the molecule is COc1ccc(OC[C@@H]2CCCN2S(=O)(=O)c2ccc3c(c2)C(=O)C2=NCC(C)(C)CN23)cc1. The van der Waals surface area contributed by atoms with Gasteiger partial charge in [0.25, 0.3) is 0 Å². The summed E-state index contributed by atoms with van der Waals surface area (Å²) in [6.07, 6.45) is 1.48. The minimum atomic E-state index is -3.78. The summed E-state index contributed by atoms with van der Waals surface area (Å²) in [6, 6.07) is 11.8. The van der Waals surface area contributed by atoms with Gasteiger partial charge in [0.15, 0.2) is 5.84 Å². The number of methoxy groups -OCH3 is 1. The van der Waals surface area contributed by atoms with E-state index in [1.165, 1.54) is 10.4 Å². The van der Waals surface area contributed by atoms with Crippen LogP contribution in [0.2, 0.25) is 0 Å². The van der Waals surface area contributed by atoms with Crippen molar-refractivity contribution in [3.05, 3.63) is 48.0 Å². The van der Waals surface area contributed by atoms with E-state index in [0.717, 1.165) is 24.3 Å². The number of carbonyl (C=O) groups excluding carboxylic acids is 1. The van der Waals surface area contributed by atoms with Crippen molar-refractivity contribution in [2.75, 3.05) is 38.3 Å². The van der Waals surface area contributed by atoms with E-state index >= 15 is 0 Å². The van der Waals surface area contributed by atoms with Crippen molar-refractivity contribution in [3.8, 4) is 11.5 Å². The molecule has 0 N–H and O–H groups in total. The molecule has 0 unspecified atom stereocenters. The van der Waals surface area contributed by atoms with Crippen LogP contribution in [0.15, 0.2) is 52.4 Å². The standard InChI is InChI=1S/C25H29N3O5S/c1-25(2)15-26-24-23(29)21-13-20(10-11-22(21)27(24)16-25)34(30,31)28-12-4-5-17(28)14-33-19-8-6-18(32-3)7-9-19/h6-11,13,17H,4-5,12,14-16H2,1-3H3/t17-/m0/s1. The fraction of sp³-hybridized carbons (Fsp3) is 0.440. The van der Waals surface area contributed by atoms with Gasteiger partial charge in [-0.15, -0.1) is 0 Å². The van der Waals surface area contributed by atoms with Crippen molar-refractivity contribution in [2.24, 2.45) is 10.4 Å². The van der Waals surface area contributed by atoms with E-state index in [0.29, 0.717) is 36.8 Å². The van der Waals surface area contributed by atoms with Crippen molar-refractivity contribution in [1.82, 2.24) is 4.31 Å². The molecule has 0 spiro atoms. The Labute approximate surface area is 200 Å². The maximum atomic E-state index is 13.6. The van der Waals surface area contributed by atoms with Gasteiger partial charge in [0, 0.05) is 25.0 Å². The molecular formula is C25H29N3O5S. The quantitative estimate of drug-likeness (QED) is 0.626. The van der Waals surface area contributed by atoms with E-state index in [4.69, 9.17) is 9.47 Å². The van der Waals surface area contributed by atoms with E-state index in [-0.39, 0.29) is 28.7 Å². The highest BCUT2D eigenvalue weighted by molar-refractivity contribution is 7.89. The Morgan fingerprint density at radius 2 is 1.85 bits per heavy atom. The van der Waals surface area contributed by atoms with Crippen LogP contribution in [-0.2, 0) is 10.0 Å². The summed E-state index contributed by atoms with van der Waals surface area (Å²) in [7, 11) is -2.18. The third kappa shape index (κ3) is 3.96. The maximum absolute atomic E-state index is 13.6. The number of anilines is 1. The molecule has 3 aliphatic heterocycles. The first-order valence-corrected chi connectivity index (χ1v) is 12.9. The molecule has 34 heavy (non-hydrogen) atoms. The van der Waals surface area contributed by atoms with Crippen LogP contribution in [0.25, 0.3) is 0 Å². The van der Waals surface area contributed by atoms with E-state index < -0.39 is 10.0 Å². The van der Waals surface area contributed by atoms with Crippen LogP contribution >= 0.6 is 0 Å². The average molecular weight is 484 g/mol. The summed E-state index contributed by atoms with van der Waals surface area (Å²) in [5, 5.41) is 0. The zero-order valence-corrected chi connectivity index (χ0v) is 20.5. The second-order valence-electron chi connectivity index (χ2n) is 9.80. The number of sulfonamides is 1. The Balaban J connectivity index is 1.36. The lowest BCUT2D eigenvalue weighted by atomic mass is 9.91. The van der Waals surface area contributed by atoms with E-state index in [1.807, 2.05) is 4.90 Å². The van der Waals surface area contributed by atoms with Gasteiger partial charge in [0.1, 0.15) is 18.1 Å². The van der Waals surface area contributed by atoms with Gasteiger partial charge in [-0.2, -0.15) is 4.31 Å². The van der Waals surface area contributed by atoms with E-state index in [1.54, 1.807) is 43.5 Å². The average Bonchev–Trinajstić information content (AvgIpc) is 3.40. The van der Waals surface area contributed by atoms with Crippen LogP contribution in [0.4, 0.5) is 5.69 Å². The predicted molar refractivity (Wildman–Crippen MR) is 130 cm³/mol. The highest BCUT2D eigenvalue weighted by Gasteiger charge is 2.42. The molecule has 0 saturated carbocycles. The Morgan fingerprint density at radius 3 is 2.59 bits per heavy atom. The van der Waals surface area contributed by atoms with Crippen LogP contribution in [0.5, 0.6) is 11.5 Å². The predicted octanol–water partition coefficient (Wildman–Crippen LogP) is 3.37. The molecule has 0 aliphatic carbocycles. The van der Waals surface area contributed by atoms with E-state index in [9.17, 15) is 13.2 Å². The normalized spacial score (nSPS) is 21.7. The summed E-state index contributed by atoms with van der Waals surface area (Å²) in [6.45, 7) is 6.15. The molecule has 0 aromatic heterocycles. The molecule has 5 rings (SSSR count). The third-order valence-electron chi connectivity index (χ3n) is 6.64. The number of benzene rings is 2. The fourth-order valence-corrected chi connectivity index (χ4v) is 6.53. The largest absolute Gasteiger partial charge is 0.497 e. The Bertz CT molecular complexity index is 1250. The fourth-order valence-electron chi connectivity index (χ4n) is 4.83. The minimum absolute atomic E-state index is 0.0528. The topological polar surface area (TPSA) is 88.5 Å². The number of nitrogens with zero attached hydrogens (tertiary/aromatic N) is 3. The summed E-state index contributed by atoms with van der Waals surface area (Å²) < 4.78 is 39.7. The highest BCUT2D eigenvalue weighted by atomic mass is 32.2. The zero-order chi connectivity index (χ0) is 24.1. The molecule has 3 heterocycles. The van der Waals surface area contributed by atoms with Gasteiger partial charge in [-0.1, -0.05) is 13.8 Å².